The molecule has 1 heterocycles. The quantitative estimate of drug-likeness (QED) is 0.725. The van der Waals surface area contributed by atoms with Crippen LogP contribution in [0, 0.1) is 0 Å². The van der Waals surface area contributed by atoms with Crippen LogP contribution in [0.4, 0.5) is 5.13 Å². The summed E-state index contributed by atoms with van der Waals surface area (Å²) in [5.41, 5.74) is 0.893. The van der Waals surface area contributed by atoms with Gasteiger partial charge in [-0.1, -0.05) is 37.5 Å². The predicted octanol–water partition coefficient (Wildman–Crippen LogP) is 4.60. The fraction of sp³-hybridized carbons (Fsp3) is 0.500. The fourth-order valence-corrected chi connectivity index (χ4v) is 3.02. The summed E-state index contributed by atoms with van der Waals surface area (Å²) in [5.74, 6) is 0.890. The first-order valence-corrected chi connectivity index (χ1v) is 8.37. The number of carbonyl (C=O) groups excluding carboxylic acids is 1. The number of unbranched alkanes of at least 4 members (excludes halogenated alkanes) is 3. The highest BCUT2D eigenvalue weighted by molar-refractivity contribution is 7.22. The molecule has 114 valence electrons. The maximum Gasteiger partial charge on any atom is 0.226 e. The highest BCUT2D eigenvalue weighted by atomic mass is 32.1. The van der Waals surface area contributed by atoms with Gasteiger partial charge in [0.15, 0.2) is 5.13 Å². The Morgan fingerprint density at radius 1 is 1.29 bits per heavy atom. The van der Waals surface area contributed by atoms with Crippen LogP contribution < -0.4 is 10.1 Å². The van der Waals surface area contributed by atoms with Gasteiger partial charge in [0.2, 0.25) is 5.91 Å². The van der Waals surface area contributed by atoms with Crippen LogP contribution in [0.25, 0.3) is 10.2 Å². The lowest BCUT2D eigenvalue weighted by molar-refractivity contribution is -0.116. The third-order valence-electron chi connectivity index (χ3n) is 3.17. The second-order valence-corrected chi connectivity index (χ2v) is 5.97. The van der Waals surface area contributed by atoms with Crippen molar-refractivity contribution in [3.05, 3.63) is 18.2 Å². The lowest BCUT2D eigenvalue weighted by Gasteiger charge is -2.00. The molecule has 0 radical (unpaired) electrons. The van der Waals surface area contributed by atoms with Gasteiger partial charge in [-0.3, -0.25) is 4.79 Å². The Bertz CT molecular complexity index is 595. The third kappa shape index (κ3) is 4.70. The van der Waals surface area contributed by atoms with E-state index >= 15 is 0 Å². The van der Waals surface area contributed by atoms with Gasteiger partial charge in [-0.05, 0) is 31.5 Å². The molecule has 0 bridgehead atoms. The van der Waals surface area contributed by atoms with E-state index in [1.807, 2.05) is 25.1 Å². The number of fused-ring (bicyclic) bond motifs is 1. The van der Waals surface area contributed by atoms with E-state index in [2.05, 4.69) is 17.2 Å². The van der Waals surface area contributed by atoms with Crippen molar-refractivity contribution < 1.29 is 9.53 Å². The second-order valence-electron chi connectivity index (χ2n) is 4.94. The maximum absolute atomic E-state index is 11.9. The summed E-state index contributed by atoms with van der Waals surface area (Å²) in [4.78, 5) is 16.3. The van der Waals surface area contributed by atoms with Crippen LogP contribution in [0.1, 0.15) is 46.0 Å². The molecule has 0 aliphatic carbocycles. The van der Waals surface area contributed by atoms with Crippen molar-refractivity contribution in [1.29, 1.82) is 0 Å². The summed E-state index contributed by atoms with van der Waals surface area (Å²) in [6.45, 7) is 4.77. The molecule has 0 saturated carbocycles. The zero-order valence-corrected chi connectivity index (χ0v) is 13.5. The number of thiazole rings is 1. The van der Waals surface area contributed by atoms with Crippen molar-refractivity contribution in [1.82, 2.24) is 4.98 Å². The molecule has 1 aromatic carbocycles. The SMILES string of the molecule is CCCCCCC(=O)Nc1nc2ccc(OCC)cc2s1. The van der Waals surface area contributed by atoms with Gasteiger partial charge in [-0.25, -0.2) is 4.98 Å². The van der Waals surface area contributed by atoms with Crippen molar-refractivity contribution >= 4 is 32.6 Å². The van der Waals surface area contributed by atoms with E-state index in [1.54, 1.807) is 0 Å². The van der Waals surface area contributed by atoms with Crippen molar-refractivity contribution in [3.8, 4) is 5.75 Å². The van der Waals surface area contributed by atoms with Crippen molar-refractivity contribution in [2.45, 2.75) is 46.0 Å². The standard InChI is InChI=1S/C16H22N2O2S/c1-3-5-6-7-8-15(19)18-16-17-13-10-9-12(20-4-2)11-14(13)21-16/h9-11H,3-8H2,1-2H3,(H,17,18,19). The van der Waals surface area contributed by atoms with E-state index in [4.69, 9.17) is 4.74 Å². The predicted molar refractivity (Wildman–Crippen MR) is 88.2 cm³/mol. The molecule has 1 amide bonds. The molecule has 1 aromatic heterocycles. The average Bonchev–Trinajstić information content (AvgIpc) is 2.85. The van der Waals surface area contributed by atoms with E-state index in [0.717, 1.165) is 28.8 Å². The molecule has 2 rings (SSSR count). The Labute approximate surface area is 129 Å². The van der Waals surface area contributed by atoms with E-state index in [9.17, 15) is 4.79 Å². The van der Waals surface area contributed by atoms with E-state index in [-0.39, 0.29) is 5.91 Å². The molecule has 0 aliphatic rings. The summed E-state index contributed by atoms with van der Waals surface area (Å²) in [7, 11) is 0. The van der Waals surface area contributed by atoms with Crippen molar-refractivity contribution in [3.63, 3.8) is 0 Å². The minimum absolute atomic E-state index is 0.0511. The van der Waals surface area contributed by atoms with Gasteiger partial charge in [-0.15, -0.1) is 0 Å². The summed E-state index contributed by atoms with van der Waals surface area (Å²) >= 11 is 1.49. The number of nitrogens with one attached hydrogen (secondary N) is 1. The lowest BCUT2D eigenvalue weighted by Crippen LogP contribution is -2.10. The number of ether oxygens (including phenoxy) is 1. The normalized spacial score (nSPS) is 10.8. The fourth-order valence-electron chi connectivity index (χ4n) is 2.11. The molecule has 0 saturated heterocycles. The smallest absolute Gasteiger partial charge is 0.226 e. The van der Waals surface area contributed by atoms with Gasteiger partial charge in [0.05, 0.1) is 16.8 Å². The Kier molecular flexibility index (Phi) is 5.99. The molecule has 2 aromatic rings. The van der Waals surface area contributed by atoms with Crippen LogP contribution in [-0.4, -0.2) is 17.5 Å². The third-order valence-corrected chi connectivity index (χ3v) is 4.11. The van der Waals surface area contributed by atoms with Crippen LogP contribution in [0.2, 0.25) is 0 Å². The molecule has 0 aliphatic heterocycles. The number of rotatable bonds is 8. The number of hydrogen-bond donors (Lipinski definition) is 1. The summed E-state index contributed by atoms with van der Waals surface area (Å²) < 4.78 is 6.50. The van der Waals surface area contributed by atoms with E-state index < -0.39 is 0 Å². The number of nitrogens with zero attached hydrogens (tertiary/aromatic N) is 1. The Hall–Kier alpha value is -1.62. The summed E-state index contributed by atoms with van der Waals surface area (Å²) in [6, 6.07) is 5.79. The maximum atomic E-state index is 11.9. The molecule has 0 fully saturated rings. The van der Waals surface area contributed by atoms with Crippen molar-refractivity contribution in [2.75, 3.05) is 11.9 Å². The summed E-state index contributed by atoms with van der Waals surface area (Å²) in [5, 5.41) is 3.55. The topological polar surface area (TPSA) is 51.2 Å². The Morgan fingerprint density at radius 2 is 2.14 bits per heavy atom. The molecule has 4 nitrogen and oxygen atoms in total. The van der Waals surface area contributed by atoms with E-state index in [0.29, 0.717) is 18.2 Å². The van der Waals surface area contributed by atoms with Gasteiger partial charge >= 0.3 is 0 Å². The zero-order valence-electron chi connectivity index (χ0n) is 12.6. The molecule has 0 spiro atoms. The minimum atomic E-state index is 0.0511. The lowest BCUT2D eigenvalue weighted by atomic mass is 10.1. The van der Waals surface area contributed by atoms with Crippen LogP contribution in [0.15, 0.2) is 18.2 Å². The van der Waals surface area contributed by atoms with Crippen LogP contribution in [0.5, 0.6) is 5.75 Å². The zero-order chi connectivity index (χ0) is 15.1. The second kappa shape index (κ2) is 7.98. The molecular weight excluding hydrogens is 284 g/mol. The number of amides is 1. The number of benzene rings is 1. The first-order valence-electron chi connectivity index (χ1n) is 7.56. The molecule has 0 unspecified atom stereocenters. The first-order chi connectivity index (χ1) is 10.2. The number of hydrogen-bond acceptors (Lipinski definition) is 4. The van der Waals surface area contributed by atoms with Gasteiger partial charge < -0.3 is 10.1 Å². The van der Waals surface area contributed by atoms with Crippen LogP contribution in [-0.2, 0) is 4.79 Å². The Balaban J connectivity index is 1.94. The number of carbonyl (C=O) groups is 1. The van der Waals surface area contributed by atoms with Gasteiger partial charge in [0, 0.05) is 6.42 Å². The largest absolute Gasteiger partial charge is 0.494 e. The molecule has 1 N–H and O–H groups in total. The Morgan fingerprint density at radius 3 is 2.90 bits per heavy atom. The minimum Gasteiger partial charge on any atom is -0.494 e. The summed E-state index contributed by atoms with van der Waals surface area (Å²) in [6.07, 6.45) is 5.00. The molecule has 21 heavy (non-hydrogen) atoms. The van der Waals surface area contributed by atoms with Crippen LogP contribution >= 0.6 is 11.3 Å². The highest BCUT2D eigenvalue weighted by Gasteiger charge is 2.08. The van der Waals surface area contributed by atoms with Crippen molar-refractivity contribution in [2.24, 2.45) is 0 Å². The van der Waals surface area contributed by atoms with Gasteiger partial charge in [0.25, 0.3) is 0 Å². The first kappa shape index (κ1) is 15.8. The van der Waals surface area contributed by atoms with Gasteiger partial charge in [0.1, 0.15) is 5.75 Å². The monoisotopic (exact) mass is 306 g/mol. The van der Waals surface area contributed by atoms with E-state index in [1.165, 1.54) is 24.2 Å². The number of anilines is 1. The van der Waals surface area contributed by atoms with Gasteiger partial charge in [-0.2, -0.15) is 0 Å². The molecular formula is C16H22N2O2S. The number of aromatic nitrogens is 1. The highest BCUT2D eigenvalue weighted by Crippen LogP contribution is 2.29. The average molecular weight is 306 g/mol. The molecule has 5 heteroatoms. The van der Waals surface area contributed by atoms with Crippen LogP contribution in [0.3, 0.4) is 0 Å². The molecule has 0 atom stereocenters.